The number of hydrogen-bond donors (Lipinski definition) is 1. The number of hydrogen-bond acceptors (Lipinski definition) is 2. The van der Waals surface area contributed by atoms with E-state index in [4.69, 9.17) is 5.73 Å². The van der Waals surface area contributed by atoms with Crippen LogP contribution in [0.2, 0.25) is 0 Å². The van der Waals surface area contributed by atoms with Crippen LogP contribution in [-0.2, 0) is 11.8 Å². The van der Waals surface area contributed by atoms with Gasteiger partial charge in [-0.15, -0.1) is 0 Å². The Balaban J connectivity index is 1.98. The molecule has 1 aromatic carbocycles. The van der Waals surface area contributed by atoms with Gasteiger partial charge in [0.05, 0.1) is 0 Å². The van der Waals surface area contributed by atoms with Crippen molar-refractivity contribution in [3.05, 3.63) is 41.0 Å². The molecule has 4 rings (SSSR count). The summed E-state index contributed by atoms with van der Waals surface area (Å²) in [6.07, 6.45) is 6.22. The van der Waals surface area contributed by atoms with Gasteiger partial charge in [0.1, 0.15) is 0 Å². The van der Waals surface area contributed by atoms with Gasteiger partial charge < -0.3 is 10.6 Å². The number of aryl methyl sites for hydroxylation is 1. The van der Waals surface area contributed by atoms with E-state index in [-0.39, 0.29) is 5.41 Å². The molecule has 0 amide bonds. The van der Waals surface area contributed by atoms with Crippen molar-refractivity contribution in [2.24, 2.45) is 11.8 Å². The van der Waals surface area contributed by atoms with Gasteiger partial charge in [-0.2, -0.15) is 0 Å². The third-order valence-electron chi connectivity index (χ3n) is 7.33. The molecule has 4 unspecified atom stereocenters. The molecular formula is C21H30N2. The highest BCUT2D eigenvalue weighted by molar-refractivity contribution is 5.65. The summed E-state index contributed by atoms with van der Waals surface area (Å²) in [5.74, 6) is 1.37. The van der Waals surface area contributed by atoms with E-state index in [0.717, 1.165) is 12.1 Å². The number of allylic oxidation sites excluding steroid dienone is 1. The molecule has 4 atom stereocenters. The molecule has 1 saturated heterocycles. The lowest BCUT2D eigenvalue weighted by Crippen LogP contribution is -2.61. The average molecular weight is 310 g/mol. The van der Waals surface area contributed by atoms with Gasteiger partial charge >= 0.3 is 0 Å². The highest BCUT2D eigenvalue weighted by Crippen LogP contribution is 2.60. The van der Waals surface area contributed by atoms with Crippen molar-refractivity contribution in [1.29, 1.82) is 0 Å². The lowest BCUT2D eigenvalue weighted by atomic mass is 9.48. The van der Waals surface area contributed by atoms with E-state index >= 15 is 0 Å². The zero-order chi connectivity index (χ0) is 16.4. The summed E-state index contributed by atoms with van der Waals surface area (Å²) in [6.45, 7) is 10.3. The maximum atomic E-state index is 6.67. The zero-order valence-electron chi connectivity index (χ0n) is 14.9. The molecule has 2 heteroatoms. The van der Waals surface area contributed by atoms with Gasteiger partial charge in [0, 0.05) is 17.1 Å². The van der Waals surface area contributed by atoms with Crippen LogP contribution in [0.4, 0.5) is 5.69 Å². The number of rotatable bonds is 1. The molecule has 1 saturated carbocycles. The minimum absolute atomic E-state index is 0.139. The molecule has 2 N–H and O–H groups in total. The molecule has 124 valence electrons. The SMILES string of the molecule is C=C1C(CC)CCC2C3Cc4ccc(C)c(N)c4C12CCN3C. The van der Waals surface area contributed by atoms with E-state index < -0.39 is 0 Å². The van der Waals surface area contributed by atoms with E-state index in [1.165, 1.54) is 54.5 Å². The third kappa shape index (κ3) is 1.85. The van der Waals surface area contributed by atoms with Crippen molar-refractivity contribution in [2.75, 3.05) is 19.3 Å². The maximum Gasteiger partial charge on any atom is 0.0388 e. The Morgan fingerprint density at radius 2 is 2.13 bits per heavy atom. The van der Waals surface area contributed by atoms with Crippen LogP contribution in [-0.4, -0.2) is 24.5 Å². The molecule has 0 radical (unpaired) electrons. The minimum Gasteiger partial charge on any atom is -0.398 e. The topological polar surface area (TPSA) is 29.3 Å². The van der Waals surface area contributed by atoms with Crippen LogP contribution in [0, 0.1) is 18.8 Å². The fourth-order valence-electron chi connectivity index (χ4n) is 6.01. The van der Waals surface area contributed by atoms with Crippen LogP contribution in [0.1, 0.15) is 49.3 Å². The largest absolute Gasteiger partial charge is 0.398 e. The Morgan fingerprint density at radius 1 is 1.35 bits per heavy atom. The minimum atomic E-state index is 0.139. The van der Waals surface area contributed by atoms with E-state index in [1.807, 2.05) is 0 Å². The molecule has 2 aliphatic carbocycles. The Kier molecular flexibility index (Phi) is 3.39. The Bertz CT molecular complexity index is 662. The van der Waals surface area contributed by atoms with Gasteiger partial charge in [-0.25, -0.2) is 0 Å². The van der Waals surface area contributed by atoms with Crippen molar-refractivity contribution in [3.63, 3.8) is 0 Å². The first-order valence-electron chi connectivity index (χ1n) is 9.28. The van der Waals surface area contributed by atoms with Gasteiger partial charge in [0.25, 0.3) is 0 Å². The Morgan fingerprint density at radius 3 is 2.87 bits per heavy atom. The van der Waals surface area contributed by atoms with E-state index in [1.54, 1.807) is 0 Å². The van der Waals surface area contributed by atoms with Gasteiger partial charge in [0.2, 0.25) is 0 Å². The second kappa shape index (κ2) is 5.11. The van der Waals surface area contributed by atoms with Crippen LogP contribution in [0.15, 0.2) is 24.3 Å². The molecular weight excluding hydrogens is 280 g/mol. The summed E-state index contributed by atoms with van der Waals surface area (Å²) < 4.78 is 0. The number of fused-ring (bicyclic) bond motifs is 1. The normalized spacial score (nSPS) is 36.5. The lowest BCUT2D eigenvalue weighted by Gasteiger charge is -2.61. The molecule has 3 aliphatic rings. The first-order valence-corrected chi connectivity index (χ1v) is 9.28. The number of nitrogens with two attached hydrogens (primary N) is 1. The summed E-state index contributed by atoms with van der Waals surface area (Å²) in [7, 11) is 2.31. The Hall–Kier alpha value is -1.28. The van der Waals surface area contributed by atoms with E-state index in [9.17, 15) is 0 Å². The number of likely N-dealkylation sites (N-methyl/N-ethyl adjacent to an activating group) is 1. The number of likely N-dealkylation sites (tertiary alicyclic amines) is 1. The Labute approximate surface area is 140 Å². The molecule has 2 bridgehead atoms. The zero-order valence-corrected chi connectivity index (χ0v) is 14.9. The van der Waals surface area contributed by atoms with Gasteiger partial charge in [-0.3, -0.25) is 0 Å². The monoisotopic (exact) mass is 310 g/mol. The highest BCUT2D eigenvalue weighted by atomic mass is 15.2. The fraction of sp³-hybridized carbons (Fsp3) is 0.619. The quantitative estimate of drug-likeness (QED) is 0.626. The molecule has 23 heavy (non-hydrogen) atoms. The summed E-state index contributed by atoms with van der Waals surface area (Å²) in [4.78, 5) is 2.60. The molecule has 2 nitrogen and oxygen atoms in total. The second-order valence-corrected chi connectivity index (χ2v) is 8.12. The van der Waals surface area contributed by atoms with Gasteiger partial charge in [0.15, 0.2) is 0 Å². The molecule has 2 fully saturated rings. The van der Waals surface area contributed by atoms with Crippen molar-refractivity contribution in [1.82, 2.24) is 4.90 Å². The van der Waals surface area contributed by atoms with Crippen molar-refractivity contribution >= 4 is 5.69 Å². The first kappa shape index (κ1) is 15.3. The molecule has 0 aromatic heterocycles. The summed E-state index contributed by atoms with van der Waals surface area (Å²) >= 11 is 0. The van der Waals surface area contributed by atoms with Crippen LogP contribution >= 0.6 is 0 Å². The van der Waals surface area contributed by atoms with Crippen molar-refractivity contribution < 1.29 is 0 Å². The van der Waals surface area contributed by atoms with Crippen LogP contribution < -0.4 is 5.73 Å². The highest BCUT2D eigenvalue weighted by Gasteiger charge is 2.57. The maximum absolute atomic E-state index is 6.67. The predicted molar refractivity (Wildman–Crippen MR) is 97.7 cm³/mol. The smallest absolute Gasteiger partial charge is 0.0388 e. The number of nitrogens with zero attached hydrogens (tertiary/aromatic N) is 1. The number of benzene rings is 1. The fourth-order valence-corrected chi connectivity index (χ4v) is 6.01. The standard InChI is InChI=1S/C21H30N2/c1-5-15-8-9-17-18-12-16-7-6-13(2)20(22)19(16)21(17,14(15)3)10-11-23(18)4/h6-7,15,17-18H,3,5,8-12,22H2,1-2,4H3. The van der Waals surface area contributed by atoms with Crippen molar-refractivity contribution in [2.45, 2.75) is 57.4 Å². The van der Waals surface area contributed by atoms with Gasteiger partial charge in [-0.05, 0) is 81.1 Å². The summed E-state index contributed by atoms with van der Waals surface area (Å²) in [6, 6.07) is 5.21. The van der Waals surface area contributed by atoms with Crippen LogP contribution in [0.3, 0.4) is 0 Å². The average Bonchev–Trinajstić information content (AvgIpc) is 2.55. The lowest BCUT2D eigenvalue weighted by molar-refractivity contribution is 0.0206. The predicted octanol–water partition coefficient (Wildman–Crippen LogP) is 4.07. The summed E-state index contributed by atoms with van der Waals surface area (Å²) in [5, 5.41) is 0. The van der Waals surface area contributed by atoms with E-state index in [2.05, 4.69) is 44.5 Å². The van der Waals surface area contributed by atoms with E-state index in [0.29, 0.717) is 17.9 Å². The van der Waals surface area contributed by atoms with Crippen molar-refractivity contribution in [3.8, 4) is 0 Å². The van der Waals surface area contributed by atoms with Crippen LogP contribution in [0.5, 0.6) is 0 Å². The third-order valence-corrected chi connectivity index (χ3v) is 7.33. The molecule has 1 aliphatic heterocycles. The number of nitrogen functional groups attached to an aromatic ring is 1. The number of piperidine rings is 1. The number of anilines is 1. The second-order valence-electron chi connectivity index (χ2n) is 8.12. The molecule has 1 aromatic rings. The van der Waals surface area contributed by atoms with Gasteiger partial charge in [-0.1, -0.05) is 31.2 Å². The first-order chi connectivity index (χ1) is 11.0. The van der Waals surface area contributed by atoms with Crippen LogP contribution in [0.25, 0.3) is 0 Å². The molecule has 0 spiro atoms. The summed E-state index contributed by atoms with van der Waals surface area (Å²) in [5.41, 5.74) is 13.5. The molecule has 1 heterocycles.